The number of thioether (sulfide) groups is 1. The number of allylic oxidation sites excluding steroid dienone is 1. The van der Waals surface area contributed by atoms with Crippen LogP contribution in [0.4, 0.5) is 0 Å². The van der Waals surface area contributed by atoms with Crippen molar-refractivity contribution in [2.75, 3.05) is 5.75 Å². The van der Waals surface area contributed by atoms with Crippen LogP contribution in [0.1, 0.15) is 52.4 Å². The Morgan fingerprint density at radius 1 is 1.18 bits per heavy atom. The minimum Gasteiger partial charge on any atom is -0.294 e. The maximum Gasteiger partial charge on any atom is 0.222 e. The van der Waals surface area contributed by atoms with E-state index >= 15 is 0 Å². The molecular weight excluding hydrogens is 232 g/mol. The number of hydrogen-bond donors (Lipinski definition) is 0. The van der Waals surface area contributed by atoms with Crippen LogP contribution in [0.5, 0.6) is 0 Å². The normalized spacial score (nSPS) is 18.1. The molecule has 96 valence electrons. The number of carbonyl (C=O) groups is 2. The summed E-state index contributed by atoms with van der Waals surface area (Å²) >= 11 is 1.24. The average Bonchev–Trinajstić information content (AvgIpc) is 2.36. The van der Waals surface area contributed by atoms with Gasteiger partial charge < -0.3 is 0 Å². The van der Waals surface area contributed by atoms with Crippen LogP contribution in [0.2, 0.25) is 0 Å². The quantitative estimate of drug-likeness (QED) is 0.425. The number of hydrogen-bond acceptors (Lipinski definition) is 3. The summed E-state index contributed by atoms with van der Waals surface area (Å²) in [7, 11) is 0. The zero-order chi connectivity index (χ0) is 12.7. The second kappa shape index (κ2) is 7.70. The van der Waals surface area contributed by atoms with Crippen molar-refractivity contribution in [1.29, 1.82) is 0 Å². The van der Waals surface area contributed by atoms with Crippen LogP contribution >= 0.6 is 11.8 Å². The molecule has 2 nitrogen and oxygen atoms in total. The van der Waals surface area contributed by atoms with E-state index in [1.165, 1.54) is 18.2 Å². The van der Waals surface area contributed by atoms with Crippen molar-refractivity contribution in [1.82, 2.24) is 0 Å². The molecule has 0 atom stereocenters. The van der Waals surface area contributed by atoms with Gasteiger partial charge in [-0.1, -0.05) is 50.9 Å². The summed E-state index contributed by atoms with van der Waals surface area (Å²) < 4.78 is 0. The first-order valence-electron chi connectivity index (χ1n) is 6.62. The third kappa shape index (κ3) is 4.30. The standard InChI is InChI=1S/C14H22O2S/c1-3-8-12(14(16)17-4-2)13(15)11-9-6-5-7-10-11/h8,11H,3-7,9-10H2,1-2H3/b12-8+. The van der Waals surface area contributed by atoms with Crippen molar-refractivity contribution in [3.63, 3.8) is 0 Å². The Morgan fingerprint density at radius 2 is 1.82 bits per heavy atom. The van der Waals surface area contributed by atoms with Gasteiger partial charge in [-0.15, -0.1) is 0 Å². The molecule has 1 aliphatic rings. The van der Waals surface area contributed by atoms with Crippen molar-refractivity contribution in [2.45, 2.75) is 52.4 Å². The lowest BCUT2D eigenvalue weighted by Crippen LogP contribution is -2.22. The molecule has 0 radical (unpaired) electrons. The highest BCUT2D eigenvalue weighted by Gasteiger charge is 2.27. The molecule has 1 aliphatic carbocycles. The fourth-order valence-corrected chi connectivity index (χ4v) is 2.88. The summed E-state index contributed by atoms with van der Waals surface area (Å²) in [6.07, 6.45) is 7.98. The van der Waals surface area contributed by atoms with E-state index in [0.29, 0.717) is 5.57 Å². The molecule has 0 aromatic rings. The third-order valence-corrected chi connectivity index (χ3v) is 3.92. The zero-order valence-corrected chi connectivity index (χ0v) is 11.6. The van der Waals surface area contributed by atoms with Crippen molar-refractivity contribution in [3.8, 4) is 0 Å². The minimum absolute atomic E-state index is 0.0371. The van der Waals surface area contributed by atoms with E-state index in [-0.39, 0.29) is 16.8 Å². The molecular formula is C14H22O2S. The minimum atomic E-state index is -0.0371. The van der Waals surface area contributed by atoms with Gasteiger partial charge in [0.05, 0.1) is 5.57 Å². The molecule has 0 amide bonds. The molecule has 0 heterocycles. The molecule has 1 saturated carbocycles. The smallest absolute Gasteiger partial charge is 0.222 e. The largest absolute Gasteiger partial charge is 0.294 e. The predicted octanol–water partition coefficient (Wildman–Crippen LogP) is 3.75. The molecule has 0 saturated heterocycles. The van der Waals surface area contributed by atoms with Gasteiger partial charge >= 0.3 is 0 Å². The molecule has 1 rings (SSSR count). The molecule has 0 unspecified atom stereocenters. The monoisotopic (exact) mass is 254 g/mol. The first-order chi connectivity index (χ1) is 8.20. The van der Waals surface area contributed by atoms with Crippen LogP contribution in [-0.2, 0) is 9.59 Å². The van der Waals surface area contributed by atoms with Crippen molar-refractivity contribution in [3.05, 3.63) is 11.6 Å². The van der Waals surface area contributed by atoms with E-state index in [0.717, 1.165) is 37.9 Å². The van der Waals surface area contributed by atoms with Crippen LogP contribution in [0, 0.1) is 5.92 Å². The SMILES string of the molecule is CC/C=C(/C(=O)SCC)C(=O)C1CCCCC1. The summed E-state index contributed by atoms with van der Waals surface area (Å²) in [4.78, 5) is 24.2. The maximum atomic E-state index is 12.3. The lowest BCUT2D eigenvalue weighted by atomic mass is 9.84. The Bertz CT molecular complexity index is 301. The van der Waals surface area contributed by atoms with Gasteiger partial charge in [0, 0.05) is 5.92 Å². The van der Waals surface area contributed by atoms with Gasteiger partial charge in [-0.2, -0.15) is 0 Å². The fraction of sp³-hybridized carbons (Fsp3) is 0.714. The first-order valence-corrected chi connectivity index (χ1v) is 7.60. The van der Waals surface area contributed by atoms with Gasteiger partial charge in [-0.3, -0.25) is 9.59 Å². The van der Waals surface area contributed by atoms with E-state index in [1.807, 2.05) is 19.9 Å². The van der Waals surface area contributed by atoms with Crippen LogP contribution in [0.25, 0.3) is 0 Å². The van der Waals surface area contributed by atoms with E-state index < -0.39 is 0 Å². The lowest BCUT2D eigenvalue weighted by molar-refractivity contribution is -0.122. The van der Waals surface area contributed by atoms with Crippen molar-refractivity contribution >= 4 is 22.7 Å². The van der Waals surface area contributed by atoms with Gasteiger partial charge in [0.25, 0.3) is 0 Å². The molecule has 0 aliphatic heterocycles. The van der Waals surface area contributed by atoms with Gasteiger partial charge in [-0.25, -0.2) is 0 Å². The molecule has 17 heavy (non-hydrogen) atoms. The molecule has 0 spiro atoms. The maximum absolute atomic E-state index is 12.3. The molecule has 0 aromatic carbocycles. The van der Waals surface area contributed by atoms with Crippen LogP contribution in [-0.4, -0.2) is 16.7 Å². The summed E-state index contributed by atoms with van der Waals surface area (Å²) in [6, 6.07) is 0. The number of ketones is 1. The topological polar surface area (TPSA) is 34.1 Å². The fourth-order valence-electron chi connectivity index (χ4n) is 2.28. The number of rotatable bonds is 5. The molecule has 1 fully saturated rings. The lowest BCUT2D eigenvalue weighted by Gasteiger charge is -2.21. The molecule has 3 heteroatoms. The van der Waals surface area contributed by atoms with E-state index in [1.54, 1.807) is 0 Å². The first kappa shape index (κ1) is 14.5. The average molecular weight is 254 g/mol. The van der Waals surface area contributed by atoms with Gasteiger partial charge in [-0.05, 0) is 25.0 Å². The summed E-state index contributed by atoms with van der Waals surface area (Å²) in [6.45, 7) is 3.91. The van der Waals surface area contributed by atoms with Gasteiger partial charge in [0.15, 0.2) is 5.78 Å². The predicted molar refractivity (Wildman–Crippen MR) is 73.1 cm³/mol. The van der Waals surface area contributed by atoms with E-state index in [4.69, 9.17) is 0 Å². The second-order valence-electron chi connectivity index (χ2n) is 4.45. The van der Waals surface area contributed by atoms with Gasteiger partial charge in [0.2, 0.25) is 5.12 Å². The number of carbonyl (C=O) groups excluding carboxylic acids is 2. The van der Waals surface area contributed by atoms with Crippen molar-refractivity contribution in [2.24, 2.45) is 5.92 Å². The summed E-state index contributed by atoms with van der Waals surface area (Å²) in [5.41, 5.74) is 0.450. The molecule has 0 bridgehead atoms. The Hall–Kier alpha value is -0.570. The highest BCUT2D eigenvalue weighted by molar-refractivity contribution is 8.14. The van der Waals surface area contributed by atoms with E-state index in [2.05, 4.69) is 0 Å². The Morgan fingerprint density at radius 3 is 2.35 bits per heavy atom. The summed E-state index contributed by atoms with van der Waals surface area (Å²) in [5, 5.41) is -0.0371. The molecule has 0 N–H and O–H groups in total. The van der Waals surface area contributed by atoms with Gasteiger partial charge in [0.1, 0.15) is 0 Å². The van der Waals surface area contributed by atoms with Crippen molar-refractivity contribution < 1.29 is 9.59 Å². The highest BCUT2D eigenvalue weighted by Crippen LogP contribution is 2.28. The van der Waals surface area contributed by atoms with Crippen LogP contribution in [0.15, 0.2) is 11.6 Å². The number of Topliss-reactive ketones (excluding diaryl/α,β-unsaturated/α-hetero) is 1. The third-order valence-electron chi connectivity index (χ3n) is 3.15. The van der Waals surface area contributed by atoms with Crippen LogP contribution in [0.3, 0.4) is 0 Å². The Labute approximate surface area is 108 Å². The van der Waals surface area contributed by atoms with E-state index in [9.17, 15) is 9.59 Å². The Kier molecular flexibility index (Phi) is 6.56. The highest BCUT2D eigenvalue weighted by atomic mass is 32.2. The summed E-state index contributed by atoms with van der Waals surface area (Å²) in [5.74, 6) is 0.929. The Balaban J connectivity index is 2.72. The van der Waals surface area contributed by atoms with Crippen LogP contribution < -0.4 is 0 Å². The zero-order valence-electron chi connectivity index (χ0n) is 10.8. The second-order valence-corrected chi connectivity index (χ2v) is 5.68. The molecule has 0 aromatic heterocycles.